The monoisotopic (exact) mass is 313 g/mol. The van der Waals surface area contributed by atoms with Gasteiger partial charge in [-0.2, -0.15) is 0 Å². The summed E-state index contributed by atoms with van der Waals surface area (Å²) in [7, 11) is 6.16. The van der Waals surface area contributed by atoms with Crippen LogP contribution in [0.25, 0.3) is 0 Å². The van der Waals surface area contributed by atoms with Crippen LogP contribution in [0.4, 0.5) is 5.82 Å². The molecule has 5 nitrogen and oxygen atoms in total. The van der Waals surface area contributed by atoms with E-state index < -0.39 is 0 Å². The summed E-state index contributed by atoms with van der Waals surface area (Å²) in [5.74, 6) is 1.76. The number of aromatic nitrogens is 2. The fourth-order valence-corrected chi connectivity index (χ4v) is 2.56. The number of rotatable bonds is 2. The van der Waals surface area contributed by atoms with Gasteiger partial charge >= 0.3 is 0 Å². The molecule has 1 aromatic rings. The summed E-state index contributed by atoms with van der Waals surface area (Å²) >= 11 is 3.51. The lowest BCUT2D eigenvalue weighted by Gasteiger charge is -2.36. The maximum absolute atomic E-state index is 4.62. The van der Waals surface area contributed by atoms with Crippen LogP contribution in [0.2, 0.25) is 0 Å². The summed E-state index contributed by atoms with van der Waals surface area (Å²) in [4.78, 5) is 13.9. The lowest BCUT2D eigenvalue weighted by Crippen LogP contribution is -2.45. The first-order valence-electron chi connectivity index (χ1n) is 6.13. The van der Waals surface area contributed by atoms with Gasteiger partial charge in [0.15, 0.2) is 0 Å². The Kier molecular flexibility index (Phi) is 4.19. The quantitative estimate of drug-likeness (QED) is 0.896. The molecule has 1 aliphatic heterocycles. The minimum atomic E-state index is 0.266. The van der Waals surface area contributed by atoms with Gasteiger partial charge in [-0.1, -0.05) is 0 Å². The van der Waals surface area contributed by atoms with Crippen LogP contribution >= 0.6 is 15.9 Å². The molecule has 1 atom stereocenters. The second kappa shape index (κ2) is 5.50. The number of nitrogens with zero attached hydrogens (tertiary/aromatic N) is 4. The molecule has 18 heavy (non-hydrogen) atoms. The Hall–Kier alpha value is -0.720. The number of nitrogens with one attached hydrogen (secondary N) is 1. The highest BCUT2D eigenvalue weighted by Crippen LogP contribution is 2.27. The Balaban J connectivity index is 2.35. The first-order chi connectivity index (χ1) is 8.52. The zero-order chi connectivity index (χ0) is 13.3. The average Bonchev–Trinajstić information content (AvgIpc) is 2.35. The summed E-state index contributed by atoms with van der Waals surface area (Å²) in [6, 6.07) is 0.266. The van der Waals surface area contributed by atoms with E-state index in [-0.39, 0.29) is 6.04 Å². The van der Waals surface area contributed by atoms with Gasteiger partial charge in [-0.25, -0.2) is 9.97 Å². The molecule has 0 spiro atoms. The predicted molar refractivity (Wildman–Crippen MR) is 76.9 cm³/mol. The molecule has 1 saturated heterocycles. The minimum absolute atomic E-state index is 0.266. The second-order valence-corrected chi connectivity index (χ2v) is 5.63. The number of hydrogen-bond donors (Lipinski definition) is 1. The number of anilines is 1. The Bertz CT molecular complexity index is 437. The highest BCUT2D eigenvalue weighted by molar-refractivity contribution is 9.10. The van der Waals surface area contributed by atoms with Crippen molar-refractivity contribution in [2.24, 2.45) is 0 Å². The molecule has 1 N–H and O–H groups in total. The van der Waals surface area contributed by atoms with Gasteiger partial charge in [0.05, 0.1) is 16.2 Å². The van der Waals surface area contributed by atoms with E-state index in [1.165, 1.54) is 0 Å². The number of halogens is 1. The average molecular weight is 314 g/mol. The maximum atomic E-state index is 4.62. The summed E-state index contributed by atoms with van der Waals surface area (Å²) < 4.78 is 0.945. The number of piperazine rings is 1. The Morgan fingerprint density at radius 3 is 2.67 bits per heavy atom. The van der Waals surface area contributed by atoms with Crippen molar-refractivity contribution in [2.45, 2.75) is 13.0 Å². The van der Waals surface area contributed by atoms with Crippen molar-refractivity contribution in [3.63, 3.8) is 0 Å². The zero-order valence-corrected chi connectivity index (χ0v) is 13.0. The predicted octanol–water partition coefficient (Wildman–Crippen LogP) is 1.51. The highest BCUT2D eigenvalue weighted by atomic mass is 79.9. The molecule has 1 aromatic heterocycles. The van der Waals surface area contributed by atoms with Crippen LogP contribution < -0.4 is 5.32 Å². The minimum Gasteiger partial charge on any atom is -0.372 e. The van der Waals surface area contributed by atoms with Crippen molar-refractivity contribution >= 4 is 21.7 Å². The largest absolute Gasteiger partial charge is 0.372 e. The Morgan fingerprint density at radius 1 is 1.28 bits per heavy atom. The maximum Gasteiger partial charge on any atom is 0.149 e. The Labute approximate surface area is 117 Å². The Morgan fingerprint density at radius 2 is 2.00 bits per heavy atom. The van der Waals surface area contributed by atoms with Gasteiger partial charge in [0.25, 0.3) is 0 Å². The topological polar surface area (TPSA) is 44.3 Å². The normalized spacial score (nSPS) is 22.2. The van der Waals surface area contributed by atoms with Crippen LogP contribution in [0, 0.1) is 6.92 Å². The van der Waals surface area contributed by atoms with E-state index in [0.29, 0.717) is 0 Å². The van der Waals surface area contributed by atoms with Gasteiger partial charge in [0.2, 0.25) is 0 Å². The van der Waals surface area contributed by atoms with Gasteiger partial charge < -0.3 is 10.2 Å². The molecule has 100 valence electrons. The second-order valence-electron chi connectivity index (χ2n) is 4.84. The molecule has 0 radical (unpaired) electrons. The molecule has 2 rings (SSSR count). The molecule has 0 saturated carbocycles. The smallest absolute Gasteiger partial charge is 0.149 e. The number of hydrogen-bond acceptors (Lipinski definition) is 5. The first-order valence-corrected chi connectivity index (χ1v) is 6.92. The van der Waals surface area contributed by atoms with Crippen LogP contribution in [0.3, 0.4) is 0 Å². The van der Waals surface area contributed by atoms with E-state index >= 15 is 0 Å². The SMILES string of the molecule is CNc1nc(C2CN(C)CCN2C)nc(C)c1Br. The molecular weight excluding hydrogens is 294 g/mol. The highest BCUT2D eigenvalue weighted by Gasteiger charge is 2.27. The van der Waals surface area contributed by atoms with E-state index in [1.807, 2.05) is 14.0 Å². The van der Waals surface area contributed by atoms with E-state index in [0.717, 1.165) is 41.4 Å². The van der Waals surface area contributed by atoms with Gasteiger partial charge in [-0.05, 0) is 36.9 Å². The van der Waals surface area contributed by atoms with E-state index in [2.05, 4.69) is 55.1 Å². The fourth-order valence-electron chi connectivity index (χ4n) is 2.18. The van der Waals surface area contributed by atoms with Gasteiger partial charge in [0, 0.05) is 26.7 Å². The van der Waals surface area contributed by atoms with Crippen molar-refractivity contribution in [3.05, 3.63) is 16.0 Å². The van der Waals surface area contributed by atoms with E-state index in [9.17, 15) is 0 Å². The van der Waals surface area contributed by atoms with Crippen molar-refractivity contribution in [1.29, 1.82) is 0 Å². The van der Waals surface area contributed by atoms with Crippen LogP contribution in [0.15, 0.2) is 4.47 Å². The van der Waals surface area contributed by atoms with Crippen molar-refractivity contribution in [2.75, 3.05) is 46.1 Å². The zero-order valence-electron chi connectivity index (χ0n) is 11.4. The van der Waals surface area contributed by atoms with E-state index in [1.54, 1.807) is 0 Å². The van der Waals surface area contributed by atoms with Gasteiger partial charge in [-0.15, -0.1) is 0 Å². The van der Waals surface area contributed by atoms with Crippen LogP contribution in [0.5, 0.6) is 0 Å². The molecule has 0 amide bonds. The lowest BCUT2D eigenvalue weighted by molar-refractivity contribution is 0.109. The molecule has 1 unspecified atom stereocenters. The third kappa shape index (κ3) is 2.65. The number of likely N-dealkylation sites (N-methyl/N-ethyl adjacent to an activating group) is 2. The van der Waals surface area contributed by atoms with Gasteiger partial charge in [-0.3, -0.25) is 4.90 Å². The van der Waals surface area contributed by atoms with Crippen molar-refractivity contribution in [1.82, 2.24) is 19.8 Å². The lowest BCUT2D eigenvalue weighted by atomic mass is 10.1. The summed E-state index contributed by atoms with van der Waals surface area (Å²) in [5.41, 5.74) is 0.978. The molecule has 0 bridgehead atoms. The van der Waals surface area contributed by atoms with Gasteiger partial charge in [0.1, 0.15) is 11.6 Å². The third-order valence-corrected chi connectivity index (χ3v) is 4.37. The van der Waals surface area contributed by atoms with Crippen LogP contribution in [-0.4, -0.2) is 60.5 Å². The van der Waals surface area contributed by atoms with E-state index in [4.69, 9.17) is 0 Å². The molecule has 1 aliphatic rings. The fraction of sp³-hybridized carbons (Fsp3) is 0.667. The third-order valence-electron chi connectivity index (χ3n) is 3.42. The first kappa shape index (κ1) is 13.7. The van der Waals surface area contributed by atoms with Crippen molar-refractivity contribution in [3.8, 4) is 0 Å². The number of aryl methyl sites for hydroxylation is 1. The standard InChI is InChI=1S/C12H20BrN5/c1-8-10(13)12(14-2)16-11(15-8)9-7-17(3)5-6-18(9)4/h9H,5-7H2,1-4H3,(H,14,15,16). The summed E-state index contributed by atoms with van der Waals surface area (Å²) in [6.45, 7) is 5.12. The molecule has 0 aromatic carbocycles. The molecular formula is C12H20BrN5. The van der Waals surface area contributed by atoms with Crippen molar-refractivity contribution < 1.29 is 0 Å². The molecule has 0 aliphatic carbocycles. The molecule has 1 fully saturated rings. The molecule has 2 heterocycles. The van der Waals surface area contributed by atoms with Crippen LogP contribution in [0.1, 0.15) is 17.6 Å². The summed E-state index contributed by atoms with van der Waals surface area (Å²) in [6.07, 6.45) is 0. The summed E-state index contributed by atoms with van der Waals surface area (Å²) in [5, 5.41) is 3.11. The van der Waals surface area contributed by atoms with Crippen LogP contribution in [-0.2, 0) is 0 Å². The molecule has 6 heteroatoms.